The normalized spacial score (nSPS) is 11.6. The molecule has 20 heavy (non-hydrogen) atoms. The summed E-state index contributed by atoms with van der Waals surface area (Å²) >= 11 is 0. The highest BCUT2D eigenvalue weighted by Crippen LogP contribution is 2.20. The molecule has 0 amide bonds. The van der Waals surface area contributed by atoms with Gasteiger partial charge in [0.15, 0.2) is 0 Å². The van der Waals surface area contributed by atoms with Crippen molar-refractivity contribution in [3.05, 3.63) is 35.7 Å². The Morgan fingerprint density at radius 2 is 2.20 bits per heavy atom. The summed E-state index contributed by atoms with van der Waals surface area (Å²) in [5.41, 5.74) is 0.397. The predicted octanol–water partition coefficient (Wildman–Crippen LogP) is 2.40. The van der Waals surface area contributed by atoms with Crippen LogP contribution in [0.25, 0.3) is 11.4 Å². The maximum Gasteiger partial charge on any atom is 0.335 e. The molecule has 0 aliphatic carbocycles. The van der Waals surface area contributed by atoms with Crippen LogP contribution in [-0.2, 0) is 11.2 Å². The molecule has 0 aliphatic heterocycles. The quantitative estimate of drug-likeness (QED) is 0.902. The van der Waals surface area contributed by atoms with E-state index in [2.05, 4.69) is 10.1 Å². The zero-order valence-corrected chi connectivity index (χ0v) is 11.6. The number of rotatable bonds is 5. The number of carboxylic acid groups (broad SMARTS) is 1. The Bertz CT molecular complexity index is 619. The van der Waals surface area contributed by atoms with Gasteiger partial charge in [-0.15, -0.1) is 0 Å². The summed E-state index contributed by atoms with van der Waals surface area (Å²) in [7, 11) is 1.62. The van der Waals surface area contributed by atoms with Crippen molar-refractivity contribution in [2.45, 2.75) is 25.9 Å². The van der Waals surface area contributed by atoms with Crippen molar-refractivity contribution in [3.63, 3.8) is 0 Å². The van der Waals surface area contributed by atoms with E-state index in [1.807, 2.05) is 13.8 Å². The lowest BCUT2D eigenvalue weighted by Gasteiger charge is -2.19. The maximum absolute atomic E-state index is 10.9. The molecule has 1 aromatic carbocycles. The first kappa shape index (κ1) is 14.2. The highest BCUT2D eigenvalue weighted by atomic mass is 16.5. The second-order valence-corrected chi connectivity index (χ2v) is 5.04. The van der Waals surface area contributed by atoms with Gasteiger partial charge in [0.05, 0.1) is 17.6 Å². The van der Waals surface area contributed by atoms with Gasteiger partial charge >= 0.3 is 5.97 Å². The fourth-order valence-electron chi connectivity index (χ4n) is 1.67. The second-order valence-electron chi connectivity index (χ2n) is 5.04. The molecule has 1 heterocycles. The first-order valence-electron chi connectivity index (χ1n) is 6.13. The molecule has 0 atom stereocenters. The molecule has 0 saturated heterocycles. The minimum Gasteiger partial charge on any atom is -0.478 e. The van der Waals surface area contributed by atoms with Crippen LogP contribution in [0, 0.1) is 0 Å². The molecule has 1 N–H and O–H groups in total. The van der Waals surface area contributed by atoms with E-state index in [0.717, 1.165) is 0 Å². The lowest BCUT2D eigenvalue weighted by molar-refractivity contribution is 0.0170. The summed E-state index contributed by atoms with van der Waals surface area (Å²) in [6.45, 7) is 3.84. The molecule has 6 heteroatoms. The fraction of sp³-hybridized carbons (Fsp3) is 0.357. The SMILES string of the molecule is COC(C)(C)Cc1nc(-c2cccc(C(=O)O)c2)no1. The van der Waals surface area contributed by atoms with Crippen molar-refractivity contribution < 1.29 is 19.2 Å². The number of hydrogen-bond acceptors (Lipinski definition) is 5. The van der Waals surface area contributed by atoms with Gasteiger partial charge in [0.1, 0.15) is 0 Å². The first-order valence-corrected chi connectivity index (χ1v) is 6.13. The smallest absolute Gasteiger partial charge is 0.335 e. The van der Waals surface area contributed by atoms with Crippen molar-refractivity contribution in [2.24, 2.45) is 0 Å². The summed E-state index contributed by atoms with van der Waals surface area (Å²) in [6.07, 6.45) is 0.481. The van der Waals surface area contributed by atoms with Crippen LogP contribution in [0.1, 0.15) is 30.1 Å². The van der Waals surface area contributed by atoms with Crippen molar-refractivity contribution >= 4 is 5.97 Å². The van der Waals surface area contributed by atoms with Crippen LogP contribution in [-0.4, -0.2) is 33.9 Å². The Hall–Kier alpha value is -2.21. The lowest BCUT2D eigenvalue weighted by atomic mass is 10.1. The van der Waals surface area contributed by atoms with Gasteiger partial charge in [-0.05, 0) is 26.0 Å². The average molecular weight is 276 g/mol. The Morgan fingerprint density at radius 3 is 2.85 bits per heavy atom. The van der Waals surface area contributed by atoms with E-state index in [4.69, 9.17) is 14.4 Å². The van der Waals surface area contributed by atoms with E-state index >= 15 is 0 Å². The van der Waals surface area contributed by atoms with E-state index in [9.17, 15) is 4.79 Å². The third kappa shape index (κ3) is 3.21. The number of ether oxygens (including phenoxy) is 1. The monoisotopic (exact) mass is 276 g/mol. The highest BCUT2D eigenvalue weighted by molar-refractivity contribution is 5.89. The Kier molecular flexibility index (Phi) is 3.85. The molecule has 0 fully saturated rings. The molecule has 6 nitrogen and oxygen atoms in total. The van der Waals surface area contributed by atoms with Crippen LogP contribution < -0.4 is 0 Å². The minimum absolute atomic E-state index is 0.186. The van der Waals surface area contributed by atoms with Crippen molar-refractivity contribution in [1.29, 1.82) is 0 Å². The molecule has 106 valence electrons. The number of nitrogens with zero attached hydrogens (tertiary/aromatic N) is 2. The first-order chi connectivity index (χ1) is 9.41. The van der Waals surface area contributed by atoms with Crippen LogP contribution in [0.15, 0.2) is 28.8 Å². The number of carbonyl (C=O) groups is 1. The van der Waals surface area contributed by atoms with E-state index in [1.54, 1.807) is 19.2 Å². The lowest BCUT2D eigenvalue weighted by Crippen LogP contribution is -2.25. The van der Waals surface area contributed by atoms with E-state index in [1.165, 1.54) is 12.1 Å². The van der Waals surface area contributed by atoms with Crippen molar-refractivity contribution in [3.8, 4) is 11.4 Å². The van der Waals surface area contributed by atoms with Crippen LogP contribution in [0.2, 0.25) is 0 Å². The zero-order chi connectivity index (χ0) is 14.8. The minimum atomic E-state index is -0.990. The van der Waals surface area contributed by atoms with E-state index in [-0.39, 0.29) is 5.56 Å². The molecule has 2 aromatic rings. The van der Waals surface area contributed by atoms with Gasteiger partial charge in [-0.2, -0.15) is 4.98 Å². The average Bonchev–Trinajstić information content (AvgIpc) is 2.86. The largest absolute Gasteiger partial charge is 0.478 e. The van der Waals surface area contributed by atoms with Crippen LogP contribution >= 0.6 is 0 Å². The summed E-state index contributed by atoms with van der Waals surface area (Å²) in [6, 6.07) is 6.41. The third-order valence-corrected chi connectivity index (χ3v) is 2.97. The molecular weight excluding hydrogens is 260 g/mol. The number of aromatic carboxylic acids is 1. The van der Waals surface area contributed by atoms with Crippen molar-refractivity contribution in [2.75, 3.05) is 7.11 Å². The van der Waals surface area contributed by atoms with E-state index in [0.29, 0.717) is 23.7 Å². The molecule has 0 spiro atoms. The molecule has 1 aromatic heterocycles. The Labute approximate surface area is 116 Å². The van der Waals surface area contributed by atoms with Gasteiger partial charge in [-0.25, -0.2) is 4.79 Å². The predicted molar refractivity (Wildman–Crippen MR) is 71.5 cm³/mol. The zero-order valence-electron chi connectivity index (χ0n) is 11.6. The number of aromatic nitrogens is 2. The second kappa shape index (κ2) is 5.42. The maximum atomic E-state index is 10.9. The van der Waals surface area contributed by atoms with E-state index < -0.39 is 11.6 Å². The number of methoxy groups -OCH3 is 1. The molecule has 0 aliphatic rings. The molecule has 2 rings (SSSR count). The molecule has 0 unspecified atom stereocenters. The van der Waals surface area contributed by atoms with Gasteiger partial charge in [-0.1, -0.05) is 17.3 Å². The Balaban J connectivity index is 2.25. The summed E-state index contributed by atoms with van der Waals surface area (Å²) in [4.78, 5) is 15.2. The van der Waals surface area contributed by atoms with Crippen molar-refractivity contribution in [1.82, 2.24) is 10.1 Å². The molecule has 0 radical (unpaired) electrons. The van der Waals surface area contributed by atoms with Crippen LogP contribution in [0.4, 0.5) is 0 Å². The van der Waals surface area contributed by atoms with Gasteiger partial charge < -0.3 is 14.4 Å². The summed E-state index contributed by atoms with van der Waals surface area (Å²) in [5, 5.41) is 12.8. The van der Waals surface area contributed by atoms with Gasteiger partial charge in [-0.3, -0.25) is 0 Å². The summed E-state index contributed by atoms with van der Waals surface area (Å²) < 4.78 is 10.5. The van der Waals surface area contributed by atoms with Crippen LogP contribution in [0.3, 0.4) is 0 Å². The highest BCUT2D eigenvalue weighted by Gasteiger charge is 2.21. The number of hydrogen-bond donors (Lipinski definition) is 1. The third-order valence-electron chi connectivity index (χ3n) is 2.97. The molecule has 0 bridgehead atoms. The van der Waals surface area contributed by atoms with Gasteiger partial charge in [0.2, 0.25) is 11.7 Å². The molecular formula is C14H16N2O4. The standard InChI is InChI=1S/C14H16N2O4/c1-14(2,19-3)8-11-15-12(16-20-11)9-5-4-6-10(7-9)13(17)18/h4-7H,8H2,1-3H3,(H,17,18). The van der Waals surface area contributed by atoms with Gasteiger partial charge in [0.25, 0.3) is 0 Å². The molecule has 0 saturated carbocycles. The van der Waals surface area contributed by atoms with Crippen LogP contribution in [0.5, 0.6) is 0 Å². The Morgan fingerprint density at radius 1 is 1.45 bits per heavy atom. The number of benzene rings is 1. The number of carboxylic acids is 1. The fourth-order valence-corrected chi connectivity index (χ4v) is 1.67. The summed E-state index contributed by atoms with van der Waals surface area (Å²) in [5.74, 6) is -0.168. The topological polar surface area (TPSA) is 85.5 Å². The van der Waals surface area contributed by atoms with Gasteiger partial charge in [0, 0.05) is 12.7 Å².